The molecule has 2 heterocycles. The number of hydrogen-bond acceptors (Lipinski definition) is 2. The van der Waals surface area contributed by atoms with E-state index in [0.717, 1.165) is 24.4 Å². The number of nitrogens with one attached hydrogen (secondary N) is 1. The first-order chi connectivity index (χ1) is 10.4. The Labute approximate surface area is 125 Å². The Kier molecular flexibility index (Phi) is 4.49. The zero-order chi connectivity index (χ0) is 14.3. The minimum absolute atomic E-state index is 0.922. The molecule has 2 heteroatoms. The number of hydrogen-bond donors (Lipinski definition) is 1. The van der Waals surface area contributed by atoms with Crippen LogP contribution in [0.25, 0.3) is 11.3 Å². The van der Waals surface area contributed by atoms with Crippen molar-refractivity contribution in [2.24, 2.45) is 0 Å². The van der Waals surface area contributed by atoms with Crippen LogP contribution in [0.15, 0.2) is 77.4 Å². The Hall–Kier alpha value is -2.32. The lowest BCUT2D eigenvalue weighted by molar-refractivity contribution is 0.582. The van der Waals surface area contributed by atoms with Gasteiger partial charge in [-0.1, -0.05) is 54.6 Å². The summed E-state index contributed by atoms with van der Waals surface area (Å²) in [5.74, 6) is 0.922. The average Bonchev–Trinajstić information content (AvgIpc) is 3.11. The maximum atomic E-state index is 5.22. The molecule has 1 aliphatic heterocycles. The van der Waals surface area contributed by atoms with E-state index < -0.39 is 0 Å². The molecule has 106 valence electrons. The summed E-state index contributed by atoms with van der Waals surface area (Å²) in [5, 5.41) is 3.34. The van der Waals surface area contributed by atoms with E-state index >= 15 is 0 Å². The van der Waals surface area contributed by atoms with Crippen LogP contribution in [0.3, 0.4) is 0 Å². The van der Waals surface area contributed by atoms with Crippen molar-refractivity contribution in [2.75, 3.05) is 6.54 Å². The molecule has 0 amide bonds. The predicted molar refractivity (Wildman–Crippen MR) is 86.0 cm³/mol. The van der Waals surface area contributed by atoms with Crippen LogP contribution in [-0.2, 0) is 13.0 Å². The van der Waals surface area contributed by atoms with Crippen LogP contribution in [0, 0.1) is 0 Å². The van der Waals surface area contributed by atoms with Gasteiger partial charge in [-0.15, -0.1) is 0 Å². The van der Waals surface area contributed by atoms with E-state index in [2.05, 4.69) is 29.6 Å². The number of rotatable bonds is 1. The van der Waals surface area contributed by atoms with Gasteiger partial charge in [0.15, 0.2) is 0 Å². The second-order valence-electron chi connectivity index (χ2n) is 5.04. The van der Waals surface area contributed by atoms with Gasteiger partial charge in [0.05, 0.1) is 6.26 Å². The molecule has 0 atom stereocenters. The monoisotopic (exact) mass is 277 g/mol. The summed E-state index contributed by atoms with van der Waals surface area (Å²) >= 11 is 0. The van der Waals surface area contributed by atoms with Crippen molar-refractivity contribution in [3.63, 3.8) is 0 Å². The summed E-state index contributed by atoms with van der Waals surface area (Å²) in [6, 6.07) is 22.5. The van der Waals surface area contributed by atoms with E-state index in [-0.39, 0.29) is 0 Å². The SMILES string of the molecule is c1ccc(-c2ccco2)cc1.c1ccc2c(c1)CCNC2. The van der Waals surface area contributed by atoms with Crippen molar-refractivity contribution in [3.05, 3.63) is 84.1 Å². The molecular formula is C19H19NO. The Balaban J connectivity index is 0.000000126. The van der Waals surface area contributed by atoms with Crippen LogP contribution in [0.2, 0.25) is 0 Å². The molecule has 4 rings (SSSR count). The molecule has 0 spiro atoms. The minimum atomic E-state index is 0.922. The summed E-state index contributed by atoms with van der Waals surface area (Å²) in [4.78, 5) is 0. The van der Waals surface area contributed by atoms with Gasteiger partial charge in [-0.25, -0.2) is 0 Å². The molecule has 2 nitrogen and oxygen atoms in total. The molecule has 1 aromatic heterocycles. The van der Waals surface area contributed by atoms with Crippen LogP contribution >= 0.6 is 0 Å². The van der Waals surface area contributed by atoms with E-state index in [1.165, 1.54) is 17.5 Å². The summed E-state index contributed by atoms with van der Waals surface area (Å²) in [6.45, 7) is 2.19. The Bertz CT molecular complexity index is 634. The van der Waals surface area contributed by atoms with Crippen LogP contribution in [0.4, 0.5) is 0 Å². The van der Waals surface area contributed by atoms with Crippen LogP contribution in [0.1, 0.15) is 11.1 Å². The molecule has 1 aliphatic rings. The molecule has 0 saturated heterocycles. The highest BCUT2D eigenvalue weighted by molar-refractivity contribution is 5.56. The van der Waals surface area contributed by atoms with Gasteiger partial charge in [0.25, 0.3) is 0 Å². The number of benzene rings is 2. The van der Waals surface area contributed by atoms with Gasteiger partial charge < -0.3 is 9.73 Å². The molecule has 0 unspecified atom stereocenters. The van der Waals surface area contributed by atoms with Crippen LogP contribution < -0.4 is 5.32 Å². The number of furan rings is 1. The van der Waals surface area contributed by atoms with Crippen molar-refractivity contribution >= 4 is 0 Å². The molecule has 0 radical (unpaired) electrons. The molecule has 3 aromatic rings. The minimum Gasteiger partial charge on any atom is -0.464 e. The first kappa shape index (κ1) is 13.7. The molecule has 2 aromatic carbocycles. The third kappa shape index (κ3) is 3.61. The zero-order valence-corrected chi connectivity index (χ0v) is 12.0. The normalized spacial score (nSPS) is 13.0. The van der Waals surface area contributed by atoms with Gasteiger partial charge in [-0.3, -0.25) is 0 Å². The van der Waals surface area contributed by atoms with E-state index in [4.69, 9.17) is 4.42 Å². The third-order valence-corrected chi connectivity index (χ3v) is 3.58. The predicted octanol–water partition coefficient (Wildman–Crippen LogP) is 4.28. The molecule has 0 aliphatic carbocycles. The van der Waals surface area contributed by atoms with Crippen molar-refractivity contribution in [1.29, 1.82) is 0 Å². The summed E-state index contributed by atoms with van der Waals surface area (Å²) in [6.07, 6.45) is 2.87. The van der Waals surface area contributed by atoms with Gasteiger partial charge in [0.2, 0.25) is 0 Å². The lowest BCUT2D eigenvalue weighted by Crippen LogP contribution is -2.23. The van der Waals surface area contributed by atoms with Gasteiger partial charge in [-0.05, 0) is 36.2 Å². The Morgan fingerprint density at radius 1 is 0.762 bits per heavy atom. The van der Waals surface area contributed by atoms with Gasteiger partial charge in [0, 0.05) is 12.1 Å². The fraction of sp³-hybridized carbons (Fsp3) is 0.158. The van der Waals surface area contributed by atoms with Crippen LogP contribution in [-0.4, -0.2) is 6.54 Å². The summed E-state index contributed by atoms with van der Waals surface area (Å²) < 4.78 is 5.22. The number of fused-ring (bicyclic) bond motifs is 1. The quantitative estimate of drug-likeness (QED) is 0.718. The third-order valence-electron chi connectivity index (χ3n) is 3.58. The molecule has 21 heavy (non-hydrogen) atoms. The molecular weight excluding hydrogens is 258 g/mol. The molecule has 1 N–H and O–H groups in total. The van der Waals surface area contributed by atoms with Crippen molar-refractivity contribution in [2.45, 2.75) is 13.0 Å². The summed E-state index contributed by atoms with van der Waals surface area (Å²) in [5.41, 5.74) is 4.10. The van der Waals surface area contributed by atoms with Gasteiger partial charge in [-0.2, -0.15) is 0 Å². The van der Waals surface area contributed by atoms with E-state index in [9.17, 15) is 0 Å². The van der Waals surface area contributed by atoms with Gasteiger partial charge in [0.1, 0.15) is 5.76 Å². The lowest BCUT2D eigenvalue weighted by atomic mass is 10.0. The van der Waals surface area contributed by atoms with Crippen molar-refractivity contribution < 1.29 is 4.42 Å². The second kappa shape index (κ2) is 6.91. The Morgan fingerprint density at radius 3 is 2.24 bits per heavy atom. The zero-order valence-electron chi connectivity index (χ0n) is 12.0. The van der Waals surface area contributed by atoms with Crippen molar-refractivity contribution in [1.82, 2.24) is 5.32 Å². The Morgan fingerprint density at radius 2 is 1.52 bits per heavy atom. The average molecular weight is 277 g/mol. The first-order valence-corrected chi connectivity index (χ1v) is 7.30. The van der Waals surface area contributed by atoms with E-state index in [0.29, 0.717) is 0 Å². The maximum absolute atomic E-state index is 5.22. The second-order valence-corrected chi connectivity index (χ2v) is 5.04. The summed E-state index contributed by atoms with van der Waals surface area (Å²) in [7, 11) is 0. The topological polar surface area (TPSA) is 25.2 Å². The van der Waals surface area contributed by atoms with E-state index in [1.807, 2.05) is 42.5 Å². The van der Waals surface area contributed by atoms with Crippen molar-refractivity contribution in [3.8, 4) is 11.3 Å². The molecule has 0 fully saturated rings. The highest BCUT2D eigenvalue weighted by Crippen LogP contribution is 2.18. The standard InChI is InChI=1S/C10H8O.C9H11N/c1-2-5-9(6-3-1)10-7-4-8-11-10;1-2-4-9-7-10-6-5-8(9)3-1/h1-8H;1-4,10H,5-7H2. The highest BCUT2D eigenvalue weighted by atomic mass is 16.3. The first-order valence-electron chi connectivity index (χ1n) is 7.30. The fourth-order valence-corrected chi connectivity index (χ4v) is 2.47. The molecule has 0 bridgehead atoms. The van der Waals surface area contributed by atoms with Gasteiger partial charge >= 0.3 is 0 Å². The highest BCUT2D eigenvalue weighted by Gasteiger charge is 2.05. The molecule has 0 saturated carbocycles. The fourth-order valence-electron chi connectivity index (χ4n) is 2.47. The smallest absolute Gasteiger partial charge is 0.133 e. The maximum Gasteiger partial charge on any atom is 0.133 e. The van der Waals surface area contributed by atoms with E-state index in [1.54, 1.807) is 6.26 Å². The van der Waals surface area contributed by atoms with Crippen LogP contribution in [0.5, 0.6) is 0 Å². The lowest BCUT2D eigenvalue weighted by Gasteiger charge is -2.15. The largest absolute Gasteiger partial charge is 0.464 e.